The molecule has 2 aromatic carbocycles. The highest BCUT2D eigenvalue weighted by Crippen LogP contribution is 2.25. The van der Waals surface area contributed by atoms with Crippen molar-refractivity contribution in [1.82, 2.24) is 5.32 Å². The van der Waals surface area contributed by atoms with Gasteiger partial charge in [-0.15, -0.1) is 0 Å². The molecule has 0 fully saturated rings. The van der Waals surface area contributed by atoms with E-state index in [1.54, 1.807) is 13.4 Å². The maximum atomic E-state index is 12.0. The predicted molar refractivity (Wildman–Crippen MR) is 92.8 cm³/mol. The van der Waals surface area contributed by atoms with E-state index in [4.69, 9.17) is 9.15 Å². The summed E-state index contributed by atoms with van der Waals surface area (Å²) >= 11 is 0. The first-order valence-electron chi connectivity index (χ1n) is 7.61. The van der Waals surface area contributed by atoms with Gasteiger partial charge in [0, 0.05) is 22.6 Å². The third kappa shape index (κ3) is 3.76. The molecular formula is C20H17NO3. The van der Waals surface area contributed by atoms with Crippen LogP contribution in [0.5, 0.6) is 5.75 Å². The number of rotatable bonds is 4. The van der Waals surface area contributed by atoms with Gasteiger partial charge >= 0.3 is 0 Å². The Morgan fingerprint density at radius 1 is 1.21 bits per heavy atom. The van der Waals surface area contributed by atoms with Crippen molar-refractivity contribution in [1.29, 1.82) is 0 Å². The van der Waals surface area contributed by atoms with Crippen molar-refractivity contribution in [3.63, 3.8) is 0 Å². The second-order valence-electron chi connectivity index (χ2n) is 5.24. The number of benzene rings is 2. The van der Waals surface area contributed by atoms with Crippen LogP contribution in [0.4, 0.5) is 0 Å². The summed E-state index contributed by atoms with van der Waals surface area (Å²) < 4.78 is 10.6. The van der Waals surface area contributed by atoms with Gasteiger partial charge in [0.05, 0.1) is 26.3 Å². The van der Waals surface area contributed by atoms with Gasteiger partial charge in [-0.1, -0.05) is 30.0 Å². The van der Waals surface area contributed by atoms with E-state index >= 15 is 0 Å². The summed E-state index contributed by atoms with van der Waals surface area (Å²) in [5, 5.41) is 3.72. The smallest absolute Gasteiger partial charge is 0.225 e. The SMILES string of the molecule is COc1ccc2c(CC(=O)NCC#Cc3ccccc3)coc2c1. The largest absolute Gasteiger partial charge is 0.497 e. The van der Waals surface area contributed by atoms with E-state index in [0.717, 1.165) is 22.3 Å². The number of carbonyl (C=O) groups is 1. The summed E-state index contributed by atoms with van der Waals surface area (Å²) in [5.74, 6) is 6.59. The van der Waals surface area contributed by atoms with Crippen LogP contribution in [-0.2, 0) is 11.2 Å². The van der Waals surface area contributed by atoms with Crippen molar-refractivity contribution in [2.75, 3.05) is 13.7 Å². The maximum absolute atomic E-state index is 12.0. The Balaban J connectivity index is 1.58. The molecule has 24 heavy (non-hydrogen) atoms. The standard InChI is InChI=1S/C20H17NO3/c1-23-17-9-10-18-16(14-24-19(18)13-17)12-20(22)21-11-5-8-15-6-3-2-4-7-15/h2-4,6-7,9-10,13-14H,11-12H2,1H3,(H,21,22). The van der Waals surface area contributed by atoms with E-state index in [1.165, 1.54) is 0 Å². The van der Waals surface area contributed by atoms with Gasteiger partial charge in [0.15, 0.2) is 0 Å². The number of furan rings is 1. The lowest BCUT2D eigenvalue weighted by Gasteiger charge is -2.01. The minimum Gasteiger partial charge on any atom is -0.497 e. The molecule has 1 aromatic heterocycles. The van der Waals surface area contributed by atoms with Gasteiger partial charge in [-0.05, 0) is 24.3 Å². The molecule has 0 radical (unpaired) electrons. The Hall–Kier alpha value is -3.19. The molecule has 1 amide bonds. The zero-order valence-electron chi connectivity index (χ0n) is 13.3. The third-order valence-electron chi connectivity index (χ3n) is 3.59. The third-order valence-corrected chi connectivity index (χ3v) is 3.59. The monoisotopic (exact) mass is 319 g/mol. The molecule has 0 unspecified atom stereocenters. The Kier molecular flexibility index (Phi) is 4.83. The molecule has 0 atom stereocenters. The van der Waals surface area contributed by atoms with Gasteiger partial charge in [-0.2, -0.15) is 0 Å². The van der Waals surface area contributed by atoms with Crippen LogP contribution in [0, 0.1) is 11.8 Å². The Bertz CT molecular complexity index is 901. The topological polar surface area (TPSA) is 51.5 Å². The van der Waals surface area contributed by atoms with Gasteiger partial charge in [-0.25, -0.2) is 0 Å². The fourth-order valence-electron chi connectivity index (χ4n) is 2.37. The summed E-state index contributed by atoms with van der Waals surface area (Å²) in [6.07, 6.45) is 1.87. The molecule has 0 aliphatic heterocycles. The zero-order chi connectivity index (χ0) is 16.8. The van der Waals surface area contributed by atoms with Gasteiger partial charge in [-0.3, -0.25) is 4.79 Å². The van der Waals surface area contributed by atoms with Crippen LogP contribution < -0.4 is 10.1 Å². The minimum atomic E-state index is -0.0871. The van der Waals surface area contributed by atoms with E-state index in [1.807, 2.05) is 48.5 Å². The molecule has 0 saturated carbocycles. The van der Waals surface area contributed by atoms with Crippen molar-refractivity contribution in [3.8, 4) is 17.6 Å². The van der Waals surface area contributed by atoms with Crippen molar-refractivity contribution in [2.24, 2.45) is 0 Å². The Morgan fingerprint density at radius 2 is 2.04 bits per heavy atom. The molecule has 0 aliphatic rings. The molecule has 0 saturated heterocycles. The van der Waals surface area contributed by atoms with Gasteiger partial charge < -0.3 is 14.5 Å². The molecule has 120 valence electrons. The maximum Gasteiger partial charge on any atom is 0.225 e. The summed E-state index contributed by atoms with van der Waals surface area (Å²) in [5.41, 5.74) is 2.49. The molecule has 0 spiro atoms. The molecule has 0 bridgehead atoms. The number of ether oxygens (including phenoxy) is 1. The highest BCUT2D eigenvalue weighted by molar-refractivity contribution is 5.88. The van der Waals surface area contributed by atoms with Crippen LogP contribution >= 0.6 is 0 Å². The number of carbonyl (C=O) groups excluding carboxylic acids is 1. The average molecular weight is 319 g/mol. The first-order chi connectivity index (χ1) is 11.8. The Morgan fingerprint density at radius 3 is 2.83 bits per heavy atom. The lowest BCUT2D eigenvalue weighted by Crippen LogP contribution is -2.25. The highest BCUT2D eigenvalue weighted by Gasteiger charge is 2.10. The number of fused-ring (bicyclic) bond motifs is 1. The van der Waals surface area contributed by atoms with E-state index in [9.17, 15) is 4.79 Å². The molecule has 4 heteroatoms. The second-order valence-corrected chi connectivity index (χ2v) is 5.24. The first kappa shape index (κ1) is 15.7. The van der Waals surface area contributed by atoms with Crippen LogP contribution in [0.2, 0.25) is 0 Å². The summed E-state index contributed by atoms with van der Waals surface area (Å²) in [7, 11) is 1.61. The van der Waals surface area contributed by atoms with Crippen LogP contribution in [-0.4, -0.2) is 19.6 Å². The average Bonchev–Trinajstić information content (AvgIpc) is 3.01. The Labute approximate surface area is 140 Å². The molecule has 4 nitrogen and oxygen atoms in total. The second kappa shape index (κ2) is 7.38. The van der Waals surface area contributed by atoms with Crippen LogP contribution in [0.1, 0.15) is 11.1 Å². The quantitative estimate of drug-likeness (QED) is 0.752. The lowest BCUT2D eigenvalue weighted by atomic mass is 10.1. The zero-order valence-corrected chi connectivity index (χ0v) is 13.3. The lowest BCUT2D eigenvalue weighted by molar-refractivity contribution is -0.120. The van der Waals surface area contributed by atoms with Crippen molar-refractivity contribution in [2.45, 2.75) is 6.42 Å². The van der Waals surface area contributed by atoms with Gasteiger partial charge in [0.25, 0.3) is 0 Å². The van der Waals surface area contributed by atoms with E-state index in [-0.39, 0.29) is 12.3 Å². The molecule has 1 heterocycles. The van der Waals surface area contributed by atoms with Crippen LogP contribution in [0.3, 0.4) is 0 Å². The van der Waals surface area contributed by atoms with Crippen molar-refractivity contribution >= 4 is 16.9 Å². The number of hydrogen-bond donors (Lipinski definition) is 1. The van der Waals surface area contributed by atoms with Gasteiger partial charge in [0.1, 0.15) is 11.3 Å². The van der Waals surface area contributed by atoms with E-state index in [2.05, 4.69) is 17.2 Å². The molecule has 3 rings (SSSR count). The normalized spacial score (nSPS) is 10.0. The van der Waals surface area contributed by atoms with Crippen LogP contribution in [0.25, 0.3) is 11.0 Å². The first-order valence-corrected chi connectivity index (χ1v) is 7.61. The van der Waals surface area contributed by atoms with Crippen molar-refractivity contribution < 1.29 is 13.9 Å². The van der Waals surface area contributed by atoms with Gasteiger partial charge in [0.2, 0.25) is 5.91 Å². The number of hydrogen-bond acceptors (Lipinski definition) is 3. The van der Waals surface area contributed by atoms with Crippen molar-refractivity contribution in [3.05, 3.63) is 65.9 Å². The fourth-order valence-corrected chi connectivity index (χ4v) is 2.37. The van der Waals surface area contributed by atoms with E-state index in [0.29, 0.717) is 12.1 Å². The number of methoxy groups -OCH3 is 1. The molecular weight excluding hydrogens is 302 g/mol. The van der Waals surface area contributed by atoms with E-state index < -0.39 is 0 Å². The summed E-state index contributed by atoms with van der Waals surface area (Å²) in [6.45, 7) is 0.317. The molecule has 3 aromatic rings. The summed E-state index contributed by atoms with van der Waals surface area (Å²) in [6, 6.07) is 15.2. The minimum absolute atomic E-state index is 0.0871. The molecule has 1 N–H and O–H groups in total. The van der Waals surface area contributed by atoms with Crippen LogP contribution in [0.15, 0.2) is 59.2 Å². The fraction of sp³-hybridized carbons (Fsp3) is 0.150. The predicted octanol–water partition coefficient (Wildman–Crippen LogP) is 3.15. The number of nitrogens with one attached hydrogen (secondary N) is 1. The molecule has 0 aliphatic carbocycles. The number of amides is 1. The summed E-state index contributed by atoms with van der Waals surface area (Å²) in [4.78, 5) is 12.0. The highest BCUT2D eigenvalue weighted by atomic mass is 16.5.